The minimum absolute atomic E-state index is 0.0399. The maximum atomic E-state index is 13.9. The number of hydrogen-bond donors (Lipinski definition) is 2. The van der Waals surface area contributed by atoms with Gasteiger partial charge in [0.1, 0.15) is 0 Å². The van der Waals surface area contributed by atoms with Crippen LogP contribution in [0.15, 0.2) is 47.0 Å². The summed E-state index contributed by atoms with van der Waals surface area (Å²) < 4.78 is 31.6. The number of carbonyl (C=O) groups excluding carboxylic acids is 1. The minimum atomic E-state index is -0.758. The van der Waals surface area contributed by atoms with Crippen molar-refractivity contribution in [3.05, 3.63) is 63.8 Å². The molecule has 1 amide bonds. The lowest BCUT2D eigenvalue weighted by Gasteiger charge is -2.36. The Labute approximate surface area is 229 Å². The highest BCUT2D eigenvalue weighted by molar-refractivity contribution is 5.91. The van der Waals surface area contributed by atoms with Gasteiger partial charge < -0.3 is 34.1 Å². The van der Waals surface area contributed by atoms with Gasteiger partial charge in [-0.2, -0.15) is 0 Å². The fraction of sp³-hybridized carbons (Fsp3) is 0.571. The Bertz CT molecular complexity index is 1130. The van der Waals surface area contributed by atoms with Crippen molar-refractivity contribution in [3.63, 3.8) is 0 Å². The number of aliphatic hydroxyl groups is 1. The number of rotatable bonds is 16. The number of para-hydroxylation sites is 1. The maximum absolute atomic E-state index is 13.9. The summed E-state index contributed by atoms with van der Waals surface area (Å²) in [6, 6.07) is 9.43. The summed E-state index contributed by atoms with van der Waals surface area (Å²) in [5.74, 6) is -1.04. The second kappa shape index (κ2) is 15.6. The molecule has 0 saturated heterocycles. The van der Waals surface area contributed by atoms with E-state index in [2.05, 4.69) is 5.32 Å². The smallest absolute Gasteiger partial charge is 0.286 e. The predicted molar refractivity (Wildman–Crippen MR) is 145 cm³/mol. The number of hydrogen-bond acceptors (Lipinski definition) is 8. The van der Waals surface area contributed by atoms with E-state index in [-0.39, 0.29) is 30.5 Å². The normalized spacial score (nSPS) is 19.0. The van der Waals surface area contributed by atoms with Gasteiger partial charge in [-0.15, -0.1) is 0 Å². The van der Waals surface area contributed by atoms with Gasteiger partial charge in [-0.05, 0) is 38.5 Å². The Morgan fingerprint density at radius 1 is 1.10 bits per heavy atom. The largest absolute Gasteiger partial charge is 0.459 e. The van der Waals surface area contributed by atoms with E-state index in [4.69, 9.17) is 28.8 Å². The zero-order valence-electron chi connectivity index (χ0n) is 23.3. The van der Waals surface area contributed by atoms with Crippen LogP contribution in [0.5, 0.6) is 0 Å². The molecule has 0 saturated carbocycles. The van der Waals surface area contributed by atoms with Gasteiger partial charge in [-0.25, -0.2) is 4.68 Å². The van der Waals surface area contributed by atoms with Crippen molar-refractivity contribution in [2.45, 2.75) is 32.5 Å². The molecule has 39 heavy (non-hydrogen) atoms. The molecule has 2 N–H and O–H groups in total. The van der Waals surface area contributed by atoms with Crippen molar-refractivity contribution in [2.75, 3.05) is 59.9 Å². The topological polar surface area (TPSA) is 122 Å². The minimum Gasteiger partial charge on any atom is -0.459 e. The van der Waals surface area contributed by atoms with Crippen molar-refractivity contribution in [1.29, 1.82) is 0 Å². The van der Waals surface area contributed by atoms with Crippen molar-refractivity contribution in [3.8, 4) is 5.69 Å². The quantitative estimate of drug-likeness (QED) is 0.304. The molecular formula is C28H41N3O8. The van der Waals surface area contributed by atoms with Crippen LogP contribution in [0.25, 0.3) is 5.69 Å². The van der Waals surface area contributed by atoms with Crippen LogP contribution in [-0.2, 0) is 35.5 Å². The molecule has 3 unspecified atom stereocenters. The molecule has 11 nitrogen and oxygen atoms in total. The van der Waals surface area contributed by atoms with E-state index in [1.807, 2.05) is 55.9 Å². The Morgan fingerprint density at radius 2 is 1.82 bits per heavy atom. The molecule has 0 fully saturated rings. The monoisotopic (exact) mass is 547 g/mol. The molecule has 11 heteroatoms. The van der Waals surface area contributed by atoms with E-state index in [9.17, 15) is 9.59 Å². The summed E-state index contributed by atoms with van der Waals surface area (Å²) >= 11 is 0. The summed E-state index contributed by atoms with van der Waals surface area (Å²) in [6.45, 7) is 6.13. The van der Waals surface area contributed by atoms with Crippen LogP contribution < -0.4 is 10.9 Å². The third kappa shape index (κ3) is 7.80. The van der Waals surface area contributed by atoms with Gasteiger partial charge in [0.15, 0.2) is 5.76 Å². The van der Waals surface area contributed by atoms with Crippen molar-refractivity contribution in [1.82, 2.24) is 14.7 Å². The van der Waals surface area contributed by atoms with Gasteiger partial charge in [-0.1, -0.05) is 18.2 Å². The molecule has 0 bridgehead atoms. The van der Waals surface area contributed by atoms with E-state index in [1.165, 1.54) is 0 Å². The number of nitrogens with one attached hydrogen (secondary N) is 1. The number of benzene rings is 1. The van der Waals surface area contributed by atoms with Gasteiger partial charge in [-0.3, -0.25) is 14.3 Å². The number of aliphatic hydroxyl groups excluding tert-OH is 1. The van der Waals surface area contributed by atoms with Crippen LogP contribution in [0.3, 0.4) is 0 Å². The second-order valence-corrected chi connectivity index (χ2v) is 9.12. The van der Waals surface area contributed by atoms with Gasteiger partial charge >= 0.3 is 0 Å². The van der Waals surface area contributed by atoms with Crippen LogP contribution in [0.4, 0.5) is 0 Å². The van der Waals surface area contributed by atoms with Crippen molar-refractivity contribution in [2.24, 2.45) is 13.0 Å². The lowest BCUT2D eigenvalue weighted by Crippen LogP contribution is -2.41. The molecule has 0 radical (unpaired) electrons. The van der Waals surface area contributed by atoms with E-state index in [1.54, 1.807) is 17.9 Å². The predicted octanol–water partition coefficient (Wildman–Crippen LogP) is 1.64. The van der Waals surface area contributed by atoms with Crippen LogP contribution in [0, 0.1) is 12.8 Å². The van der Waals surface area contributed by atoms with E-state index in [0.29, 0.717) is 51.6 Å². The third-order valence-corrected chi connectivity index (χ3v) is 6.67. The average Bonchev–Trinajstić information content (AvgIpc) is 3.16. The number of nitrogens with zero attached hydrogens (tertiary/aromatic N) is 2. The summed E-state index contributed by atoms with van der Waals surface area (Å²) in [7, 11) is 3.41. The van der Waals surface area contributed by atoms with Crippen LogP contribution in [0.2, 0.25) is 0 Å². The standard InChI is InChI=1S/C28H41N3O8/c1-5-38-28-22(11-14-36-17-18-37-16-13-32)23(19-24(39-28)26(33)29-12-15-35-4)25-20(2)30(3)31(27(25)34)21-9-7-6-8-10-21/h6-10,19,22-23,28,32H,5,11-18H2,1-4H3,(H,29,33). The fourth-order valence-corrected chi connectivity index (χ4v) is 4.70. The second-order valence-electron chi connectivity index (χ2n) is 9.12. The summed E-state index contributed by atoms with van der Waals surface area (Å²) in [6.07, 6.45) is 1.49. The number of methoxy groups -OCH3 is 1. The first kappa shape index (κ1) is 30.6. The number of amides is 1. The van der Waals surface area contributed by atoms with Gasteiger partial charge in [0, 0.05) is 57.0 Å². The molecule has 0 aliphatic carbocycles. The lowest BCUT2D eigenvalue weighted by atomic mass is 9.81. The van der Waals surface area contributed by atoms with Gasteiger partial charge in [0.2, 0.25) is 6.29 Å². The van der Waals surface area contributed by atoms with Gasteiger partial charge in [0.25, 0.3) is 11.5 Å². The van der Waals surface area contributed by atoms with Crippen LogP contribution >= 0.6 is 0 Å². The SMILES string of the molecule is CCOC1OC(C(=O)NCCOC)=CC(c2c(C)n(C)n(-c3ccccc3)c2=O)C1CCOCCOCCO. The van der Waals surface area contributed by atoms with E-state index in [0.717, 1.165) is 11.4 Å². The zero-order chi connectivity index (χ0) is 28.2. The summed E-state index contributed by atoms with van der Waals surface area (Å²) in [5, 5.41) is 11.6. The maximum Gasteiger partial charge on any atom is 0.286 e. The van der Waals surface area contributed by atoms with Crippen LogP contribution in [-0.4, -0.2) is 86.6 Å². The molecule has 1 aromatic carbocycles. The highest BCUT2D eigenvalue weighted by atomic mass is 16.7. The first-order valence-electron chi connectivity index (χ1n) is 13.3. The van der Waals surface area contributed by atoms with E-state index >= 15 is 0 Å². The highest BCUT2D eigenvalue weighted by Crippen LogP contribution is 2.39. The van der Waals surface area contributed by atoms with E-state index < -0.39 is 18.1 Å². The molecule has 2 heterocycles. The molecule has 0 spiro atoms. The van der Waals surface area contributed by atoms with Crippen molar-refractivity contribution < 1.29 is 33.6 Å². The molecule has 216 valence electrons. The molecule has 3 atom stereocenters. The molecule has 3 rings (SSSR count). The molecule has 1 aliphatic heterocycles. The Kier molecular flexibility index (Phi) is 12.2. The molecule has 2 aromatic rings. The molecule has 1 aromatic heterocycles. The molecule has 1 aliphatic rings. The lowest BCUT2D eigenvalue weighted by molar-refractivity contribution is -0.168. The number of carbonyl (C=O) groups is 1. The molecular weight excluding hydrogens is 506 g/mol. The first-order chi connectivity index (χ1) is 18.9. The fourth-order valence-electron chi connectivity index (χ4n) is 4.70. The summed E-state index contributed by atoms with van der Waals surface area (Å²) in [4.78, 5) is 26.9. The average molecular weight is 548 g/mol. The number of allylic oxidation sites excluding steroid dienone is 1. The Morgan fingerprint density at radius 3 is 2.49 bits per heavy atom. The highest BCUT2D eigenvalue weighted by Gasteiger charge is 2.41. The van der Waals surface area contributed by atoms with Crippen molar-refractivity contribution >= 4 is 5.91 Å². The zero-order valence-corrected chi connectivity index (χ0v) is 23.3. The Balaban J connectivity index is 1.97. The number of ether oxygens (including phenoxy) is 5. The first-order valence-corrected chi connectivity index (χ1v) is 13.3. The van der Waals surface area contributed by atoms with Crippen LogP contribution in [0.1, 0.15) is 30.5 Å². The summed E-state index contributed by atoms with van der Waals surface area (Å²) in [5.41, 5.74) is 1.94. The van der Waals surface area contributed by atoms with Gasteiger partial charge in [0.05, 0.1) is 38.7 Å². The Hall–Kier alpha value is -2.96. The number of aromatic nitrogens is 2. The third-order valence-electron chi connectivity index (χ3n) is 6.67.